The van der Waals surface area contributed by atoms with E-state index in [1.165, 1.54) is 25.3 Å². The topological polar surface area (TPSA) is 86.1 Å². The number of benzene rings is 1. The second kappa shape index (κ2) is 9.76. The molecule has 0 aliphatic carbocycles. The van der Waals surface area contributed by atoms with Gasteiger partial charge in [0.2, 0.25) is 0 Å². The lowest BCUT2D eigenvalue weighted by Gasteiger charge is -2.12. The van der Waals surface area contributed by atoms with Crippen LogP contribution in [0.15, 0.2) is 48.7 Å². The fourth-order valence-electron chi connectivity index (χ4n) is 2.86. The number of anilines is 1. The van der Waals surface area contributed by atoms with Crippen LogP contribution in [0, 0.1) is 13.8 Å². The van der Waals surface area contributed by atoms with Crippen LogP contribution < -0.4 is 5.32 Å². The number of hydrogen-bond acceptors (Lipinski definition) is 5. The number of amides is 1. The van der Waals surface area contributed by atoms with Crippen LogP contribution in [0.5, 0.6) is 0 Å². The van der Waals surface area contributed by atoms with Gasteiger partial charge in [-0.05, 0) is 45.0 Å². The van der Waals surface area contributed by atoms with Gasteiger partial charge in [0, 0.05) is 23.5 Å². The van der Waals surface area contributed by atoms with Crippen LogP contribution in [-0.2, 0) is 14.3 Å². The summed E-state index contributed by atoms with van der Waals surface area (Å²) in [5, 5.41) is 7.55. The normalized spacial score (nSPS) is 12.0. The lowest BCUT2D eigenvalue weighted by atomic mass is 10.2. The van der Waals surface area contributed by atoms with Crippen molar-refractivity contribution in [3.8, 4) is 5.69 Å². The first-order valence-electron chi connectivity index (χ1n) is 9.38. The van der Waals surface area contributed by atoms with Crippen LogP contribution in [-0.4, -0.2) is 32.7 Å². The number of carbonyl (C=O) groups excluding carboxylic acids is 2. The first kappa shape index (κ1) is 22.5. The molecule has 1 amide bonds. The van der Waals surface area contributed by atoms with Crippen molar-refractivity contribution in [3.63, 3.8) is 0 Å². The summed E-state index contributed by atoms with van der Waals surface area (Å²) in [4.78, 5) is 28.4. The quantitative estimate of drug-likeness (QED) is 0.424. The number of hydrogen-bond donors (Lipinski definition) is 1. The minimum atomic E-state index is -1.06. The predicted molar refractivity (Wildman–Crippen MR) is 121 cm³/mol. The maximum atomic E-state index is 12.3. The zero-order chi connectivity index (χ0) is 22.5. The van der Waals surface area contributed by atoms with Gasteiger partial charge < -0.3 is 10.1 Å². The van der Waals surface area contributed by atoms with Crippen LogP contribution in [0.25, 0.3) is 11.8 Å². The van der Waals surface area contributed by atoms with E-state index >= 15 is 0 Å². The zero-order valence-electron chi connectivity index (χ0n) is 17.1. The molecule has 1 atom stereocenters. The van der Waals surface area contributed by atoms with Gasteiger partial charge in [-0.1, -0.05) is 41.4 Å². The average Bonchev–Trinajstić information content (AvgIpc) is 3.02. The van der Waals surface area contributed by atoms with E-state index in [-0.39, 0.29) is 10.8 Å². The van der Waals surface area contributed by atoms with Crippen molar-refractivity contribution < 1.29 is 14.3 Å². The summed E-state index contributed by atoms with van der Waals surface area (Å²) in [7, 11) is 0. The maximum Gasteiger partial charge on any atom is 0.331 e. The van der Waals surface area contributed by atoms with Crippen molar-refractivity contribution in [2.45, 2.75) is 26.9 Å². The molecule has 0 saturated carbocycles. The molecule has 31 heavy (non-hydrogen) atoms. The third-order valence-electron chi connectivity index (χ3n) is 4.45. The van der Waals surface area contributed by atoms with Gasteiger partial charge in [-0.3, -0.25) is 4.79 Å². The van der Waals surface area contributed by atoms with Gasteiger partial charge >= 0.3 is 5.97 Å². The summed E-state index contributed by atoms with van der Waals surface area (Å²) >= 11 is 11.8. The summed E-state index contributed by atoms with van der Waals surface area (Å²) in [6.07, 6.45) is 3.19. The van der Waals surface area contributed by atoms with Crippen molar-refractivity contribution in [1.82, 2.24) is 14.8 Å². The monoisotopic (exact) mass is 458 g/mol. The molecular weight excluding hydrogens is 439 g/mol. The first-order valence-corrected chi connectivity index (χ1v) is 10.1. The van der Waals surface area contributed by atoms with E-state index in [2.05, 4.69) is 15.4 Å². The number of esters is 1. The summed E-state index contributed by atoms with van der Waals surface area (Å²) in [6.45, 7) is 5.22. The Morgan fingerprint density at radius 2 is 1.90 bits per heavy atom. The number of rotatable bonds is 6. The van der Waals surface area contributed by atoms with Crippen molar-refractivity contribution in [2.24, 2.45) is 0 Å². The Hall–Kier alpha value is -3.16. The average molecular weight is 459 g/mol. The number of para-hydroxylation sites is 1. The number of nitrogens with one attached hydrogen (secondary N) is 1. The molecule has 3 rings (SSSR count). The van der Waals surface area contributed by atoms with Gasteiger partial charge in [0.15, 0.2) is 11.9 Å². The molecule has 0 aliphatic rings. The van der Waals surface area contributed by atoms with Crippen LogP contribution in [0.2, 0.25) is 10.0 Å². The lowest BCUT2D eigenvalue weighted by molar-refractivity contribution is -0.148. The second-order valence-electron chi connectivity index (χ2n) is 6.72. The van der Waals surface area contributed by atoms with Crippen molar-refractivity contribution >= 4 is 47.0 Å². The number of nitrogens with zero attached hydrogens (tertiary/aromatic N) is 3. The van der Waals surface area contributed by atoms with Crippen molar-refractivity contribution in [1.29, 1.82) is 0 Å². The highest BCUT2D eigenvalue weighted by molar-refractivity contribution is 6.36. The largest absolute Gasteiger partial charge is 0.449 e. The third kappa shape index (κ3) is 5.51. The number of carbonyl (C=O) groups is 2. The van der Waals surface area contributed by atoms with Crippen molar-refractivity contribution in [2.75, 3.05) is 5.32 Å². The fourth-order valence-corrected chi connectivity index (χ4v) is 3.29. The molecular formula is C22H20Cl2N4O3. The predicted octanol–water partition coefficient (Wildman–Crippen LogP) is 4.77. The van der Waals surface area contributed by atoms with Gasteiger partial charge in [0.05, 0.1) is 21.4 Å². The Bertz CT molecular complexity index is 1140. The molecule has 0 radical (unpaired) electrons. The van der Waals surface area contributed by atoms with Gasteiger partial charge in [-0.2, -0.15) is 5.10 Å². The molecule has 1 aromatic carbocycles. The van der Waals surface area contributed by atoms with Crippen molar-refractivity contribution in [3.05, 3.63) is 75.7 Å². The highest BCUT2D eigenvalue weighted by atomic mass is 35.5. The standard InChI is InChI=1S/C22H20Cl2N4O3/c1-13-18(14(2)28(27-13)17-7-5-4-6-8-17)9-10-20(29)31-15(3)22(30)26-21-19(24)11-16(23)12-25-21/h4-12,15H,1-3H3,(H,25,26,30)/b10-9+. The number of halogens is 2. The number of aryl methyl sites for hydroxylation is 1. The molecule has 160 valence electrons. The van der Waals surface area contributed by atoms with E-state index in [9.17, 15) is 9.59 Å². The number of aromatic nitrogens is 3. The molecule has 9 heteroatoms. The second-order valence-corrected chi connectivity index (χ2v) is 7.56. The highest BCUT2D eigenvalue weighted by Crippen LogP contribution is 2.23. The highest BCUT2D eigenvalue weighted by Gasteiger charge is 2.19. The van der Waals surface area contributed by atoms with Gasteiger partial charge in [0.25, 0.3) is 5.91 Å². The number of pyridine rings is 1. The summed E-state index contributed by atoms with van der Waals surface area (Å²) in [5.74, 6) is -1.10. The fraction of sp³-hybridized carbons (Fsp3) is 0.182. The van der Waals surface area contributed by atoms with Gasteiger partial charge in [-0.25, -0.2) is 14.5 Å². The Labute approximate surface area is 189 Å². The van der Waals surface area contributed by atoms with Crippen LogP contribution >= 0.6 is 23.2 Å². The molecule has 3 aromatic rings. The number of ether oxygens (including phenoxy) is 1. The van der Waals surface area contributed by atoms with Crippen LogP contribution in [0.3, 0.4) is 0 Å². The Kier molecular flexibility index (Phi) is 7.09. The summed E-state index contributed by atoms with van der Waals surface area (Å²) < 4.78 is 6.98. The van der Waals surface area contributed by atoms with Crippen LogP contribution in [0.4, 0.5) is 5.82 Å². The van der Waals surface area contributed by atoms with E-state index in [4.69, 9.17) is 27.9 Å². The SMILES string of the molecule is Cc1nn(-c2ccccc2)c(C)c1/C=C/C(=O)OC(C)C(=O)Nc1ncc(Cl)cc1Cl. The Morgan fingerprint density at radius 3 is 2.58 bits per heavy atom. The molecule has 0 spiro atoms. The molecule has 1 N–H and O–H groups in total. The van der Waals surface area contributed by atoms with E-state index in [1.54, 1.807) is 10.8 Å². The molecule has 0 bridgehead atoms. The maximum absolute atomic E-state index is 12.3. The molecule has 7 nitrogen and oxygen atoms in total. The first-order chi connectivity index (χ1) is 14.8. The molecule has 2 aromatic heterocycles. The minimum Gasteiger partial charge on any atom is -0.449 e. The lowest BCUT2D eigenvalue weighted by Crippen LogP contribution is -2.29. The van der Waals surface area contributed by atoms with E-state index in [1.807, 2.05) is 44.2 Å². The van der Waals surface area contributed by atoms with Gasteiger partial charge in [0.1, 0.15) is 0 Å². The smallest absolute Gasteiger partial charge is 0.331 e. The molecule has 2 heterocycles. The summed E-state index contributed by atoms with van der Waals surface area (Å²) in [6, 6.07) is 11.1. The Morgan fingerprint density at radius 1 is 1.19 bits per heavy atom. The molecule has 0 saturated heterocycles. The molecule has 0 fully saturated rings. The van der Waals surface area contributed by atoms with Crippen LogP contribution in [0.1, 0.15) is 23.9 Å². The molecule has 1 unspecified atom stereocenters. The Balaban J connectivity index is 1.65. The van der Waals surface area contributed by atoms with Gasteiger partial charge in [-0.15, -0.1) is 0 Å². The minimum absolute atomic E-state index is 0.133. The summed E-state index contributed by atoms with van der Waals surface area (Å²) in [5.41, 5.74) is 3.36. The van der Waals surface area contributed by atoms with E-state index in [0.29, 0.717) is 5.02 Å². The molecule has 0 aliphatic heterocycles. The van der Waals surface area contributed by atoms with E-state index < -0.39 is 18.0 Å². The third-order valence-corrected chi connectivity index (χ3v) is 4.94. The van der Waals surface area contributed by atoms with E-state index in [0.717, 1.165) is 22.6 Å². The zero-order valence-corrected chi connectivity index (χ0v) is 18.6.